The molecule has 1 heterocycles. The first kappa shape index (κ1) is 19.1. The Labute approximate surface area is 142 Å². The molecule has 0 atom stereocenters. The Bertz CT molecular complexity index is 706. The number of aromatic hydroxyl groups is 1. The van der Waals surface area contributed by atoms with E-state index in [1.54, 1.807) is 49.8 Å². The van der Waals surface area contributed by atoms with Crippen LogP contribution < -0.4 is 5.32 Å². The number of hydrogen-bond donors (Lipinski definition) is 2. The van der Waals surface area contributed by atoms with E-state index in [0.717, 1.165) is 5.56 Å². The van der Waals surface area contributed by atoms with Crippen molar-refractivity contribution in [3.8, 4) is 5.75 Å². The summed E-state index contributed by atoms with van der Waals surface area (Å²) < 4.78 is 0. The third-order valence-corrected chi connectivity index (χ3v) is 3.00. The van der Waals surface area contributed by atoms with Gasteiger partial charge >= 0.3 is 0 Å². The molecule has 0 saturated heterocycles. The summed E-state index contributed by atoms with van der Waals surface area (Å²) in [6.45, 7) is 5.72. The molecule has 0 aliphatic heterocycles. The Morgan fingerprint density at radius 1 is 1.29 bits per heavy atom. The van der Waals surface area contributed by atoms with Gasteiger partial charge in [0.05, 0.1) is 17.8 Å². The van der Waals surface area contributed by atoms with Crippen LogP contribution in [0.2, 0.25) is 0 Å². The minimum Gasteiger partial charge on any atom is -0.505 e. The SMILES string of the molecule is C/C=C\C=C/N=CCNC(=O)c1ccc(C)cccnc(C)c1O. The van der Waals surface area contributed by atoms with Gasteiger partial charge in [0.25, 0.3) is 5.91 Å². The summed E-state index contributed by atoms with van der Waals surface area (Å²) in [5.74, 6) is -0.535. The van der Waals surface area contributed by atoms with Crippen LogP contribution in [0.5, 0.6) is 5.75 Å². The molecule has 0 bridgehead atoms. The lowest BCUT2D eigenvalue weighted by Crippen LogP contribution is -2.25. The summed E-state index contributed by atoms with van der Waals surface area (Å²) in [4.78, 5) is 20.4. The molecule has 1 amide bonds. The van der Waals surface area contributed by atoms with Crippen molar-refractivity contribution in [2.24, 2.45) is 4.99 Å². The number of carbonyl (C=O) groups excluding carboxylic acids is 1. The molecule has 0 aliphatic carbocycles. The average molecular weight is 325 g/mol. The fourth-order valence-electron chi connectivity index (χ4n) is 1.70. The molecular formula is C19H23N3O2. The van der Waals surface area contributed by atoms with Crippen molar-refractivity contribution < 1.29 is 9.90 Å². The van der Waals surface area contributed by atoms with E-state index in [9.17, 15) is 9.90 Å². The number of allylic oxidation sites excluding steroid dienone is 3. The number of aliphatic imine (C=N–C) groups is 1. The largest absolute Gasteiger partial charge is 0.505 e. The third-order valence-electron chi connectivity index (χ3n) is 3.00. The highest BCUT2D eigenvalue weighted by Gasteiger charge is 2.10. The molecule has 2 N–H and O–H groups in total. The first-order valence-corrected chi connectivity index (χ1v) is 7.63. The van der Waals surface area contributed by atoms with Crippen LogP contribution in [0.15, 0.2) is 59.9 Å². The maximum absolute atomic E-state index is 12.3. The Morgan fingerprint density at radius 2 is 2.08 bits per heavy atom. The van der Waals surface area contributed by atoms with E-state index in [-0.39, 0.29) is 23.8 Å². The van der Waals surface area contributed by atoms with Crippen LogP contribution in [-0.2, 0) is 0 Å². The Kier molecular flexibility index (Phi) is 8.53. The molecule has 0 aromatic carbocycles. The van der Waals surface area contributed by atoms with Gasteiger partial charge < -0.3 is 10.4 Å². The lowest BCUT2D eigenvalue weighted by molar-refractivity contribution is 0.0957. The van der Waals surface area contributed by atoms with Crippen LogP contribution in [0.3, 0.4) is 0 Å². The van der Waals surface area contributed by atoms with Crippen LogP contribution in [0.25, 0.3) is 0 Å². The molecule has 0 radical (unpaired) electrons. The number of amides is 1. The van der Waals surface area contributed by atoms with Crippen molar-refractivity contribution in [1.29, 1.82) is 0 Å². The van der Waals surface area contributed by atoms with E-state index in [1.807, 2.05) is 32.1 Å². The van der Waals surface area contributed by atoms with Crippen LogP contribution in [0.4, 0.5) is 0 Å². The number of hydrogen-bond acceptors (Lipinski definition) is 4. The highest BCUT2D eigenvalue weighted by molar-refractivity contribution is 5.97. The highest BCUT2D eigenvalue weighted by atomic mass is 16.3. The minimum absolute atomic E-state index is 0.145. The van der Waals surface area contributed by atoms with E-state index in [4.69, 9.17) is 0 Å². The standard InChI is InChI=1S/C19H23N3O2/c1-4-5-6-11-20-13-14-22-19(24)17-10-9-15(2)8-7-12-21-16(3)18(17)23/h4-13,23H,14H2,1-3H3,(H,22,24)/b5-4-,8-7?,10-9?,11-6-,12-7?,15-8?,15-9?,17-10?,18-16?,18-17?,20-13?,21-12?,21-16?. The summed E-state index contributed by atoms with van der Waals surface area (Å²) in [6.07, 6.45) is 10.3. The molecule has 24 heavy (non-hydrogen) atoms. The molecular weight excluding hydrogens is 302 g/mol. The van der Waals surface area contributed by atoms with E-state index in [0.29, 0.717) is 5.69 Å². The van der Waals surface area contributed by atoms with Gasteiger partial charge in [-0.3, -0.25) is 14.8 Å². The topological polar surface area (TPSA) is 74.6 Å². The fraction of sp³-hybridized carbons (Fsp3) is 0.211. The Balaban J connectivity index is 2.95. The average Bonchev–Trinajstić information content (AvgIpc) is 2.57. The first-order valence-electron chi connectivity index (χ1n) is 7.63. The molecule has 1 aromatic rings. The normalized spacial score (nSPS) is 11.1. The van der Waals surface area contributed by atoms with Crippen LogP contribution in [-0.4, -0.2) is 28.8 Å². The summed E-state index contributed by atoms with van der Waals surface area (Å²) in [7, 11) is 0. The van der Waals surface area contributed by atoms with Gasteiger partial charge in [-0.2, -0.15) is 0 Å². The van der Waals surface area contributed by atoms with Crippen molar-refractivity contribution in [1.82, 2.24) is 10.3 Å². The van der Waals surface area contributed by atoms with Crippen molar-refractivity contribution in [2.75, 3.05) is 6.54 Å². The van der Waals surface area contributed by atoms with Crippen molar-refractivity contribution in [3.05, 3.63) is 71.7 Å². The van der Waals surface area contributed by atoms with Crippen LogP contribution in [0.1, 0.15) is 28.5 Å². The fourth-order valence-corrected chi connectivity index (χ4v) is 1.70. The number of carbonyl (C=O) groups is 1. The number of rotatable bonds is 5. The third kappa shape index (κ3) is 6.87. The highest BCUT2D eigenvalue weighted by Crippen LogP contribution is 2.17. The number of aromatic nitrogens is 1. The summed E-state index contributed by atoms with van der Waals surface area (Å²) in [5.41, 5.74) is 1.48. The van der Waals surface area contributed by atoms with Crippen molar-refractivity contribution in [3.63, 3.8) is 0 Å². The predicted octanol–water partition coefficient (Wildman–Crippen LogP) is 3.42. The van der Waals surface area contributed by atoms with Crippen LogP contribution in [0, 0.1) is 13.8 Å². The molecule has 126 valence electrons. The van der Waals surface area contributed by atoms with Crippen molar-refractivity contribution >= 4 is 12.1 Å². The van der Waals surface area contributed by atoms with E-state index >= 15 is 0 Å². The van der Waals surface area contributed by atoms with Gasteiger partial charge in [0, 0.05) is 18.6 Å². The number of nitrogens with zero attached hydrogens (tertiary/aromatic N) is 2. The Hall–Kier alpha value is -2.95. The lowest BCUT2D eigenvalue weighted by atomic mass is 10.2. The number of nitrogens with one attached hydrogen (secondary N) is 1. The van der Waals surface area contributed by atoms with E-state index < -0.39 is 0 Å². The summed E-state index contributed by atoms with van der Waals surface area (Å²) in [5, 5.41) is 12.9. The number of aryl methyl sites for hydroxylation is 2. The molecule has 5 nitrogen and oxygen atoms in total. The second kappa shape index (κ2) is 10.7. The summed E-state index contributed by atoms with van der Waals surface area (Å²) >= 11 is 0. The van der Waals surface area contributed by atoms with Gasteiger partial charge in [-0.1, -0.05) is 29.8 Å². The maximum Gasteiger partial charge on any atom is 0.255 e. The monoisotopic (exact) mass is 325 g/mol. The van der Waals surface area contributed by atoms with Gasteiger partial charge in [-0.15, -0.1) is 0 Å². The molecule has 0 saturated carbocycles. The smallest absolute Gasteiger partial charge is 0.255 e. The Morgan fingerprint density at radius 3 is 2.83 bits per heavy atom. The van der Waals surface area contributed by atoms with Gasteiger partial charge in [0.15, 0.2) is 0 Å². The molecule has 1 aromatic heterocycles. The lowest BCUT2D eigenvalue weighted by Gasteiger charge is -2.04. The molecule has 0 spiro atoms. The van der Waals surface area contributed by atoms with Crippen LogP contribution >= 0.6 is 0 Å². The maximum atomic E-state index is 12.3. The quantitative estimate of drug-likeness (QED) is 0.643. The van der Waals surface area contributed by atoms with Gasteiger partial charge in [-0.05, 0) is 39.0 Å². The molecule has 1 rings (SSSR count). The zero-order chi connectivity index (χ0) is 17.8. The van der Waals surface area contributed by atoms with Gasteiger partial charge in [0.1, 0.15) is 5.75 Å². The van der Waals surface area contributed by atoms with Gasteiger partial charge in [-0.25, -0.2) is 0 Å². The molecule has 0 aliphatic rings. The minimum atomic E-state index is -0.389. The second-order valence-corrected chi connectivity index (χ2v) is 4.97. The first-order chi connectivity index (χ1) is 11.6. The molecule has 0 fully saturated rings. The van der Waals surface area contributed by atoms with E-state index in [2.05, 4.69) is 15.3 Å². The van der Waals surface area contributed by atoms with Gasteiger partial charge in [0.2, 0.25) is 0 Å². The van der Waals surface area contributed by atoms with E-state index in [1.165, 1.54) is 0 Å². The zero-order valence-electron chi connectivity index (χ0n) is 14.2. The molecule has 5 heteroatoms. The predicted molar refractivity (Wildman–Crippen MR) is 97.8 cm³/mol. The summed E-state index contributed by atoms with van der Waals surface area (Å²) in [6, 6.07) is 6.99. The van der Waals surface area contributed by atoms with Crippen molar-refractivity contribution in [2.45, 2.75) is 20.8 Å². The zero-order valence-corrected chi connectivity index (χ0v) is 14.2. The molecule has 0 unspecified atom stereocenters. The second-order valence-electron chi connectivity index (χ2n) is 4.97.